The molecular formula is C13H8Br2N2O6. The van der Waals surface area contributed by atoms with E-state index in [1.165, 1.54) is 36.4 Å². The number of rotatable bonds is 6. The van der Waals surface area contributed by atoms with E-state index in [1.54, 1.807) is 0 Å². The van der Waals surface area contributed by atoms with Crippen molar-refractivity contribution in [3.63, 3.8) is 0 Å². The fraction of sp³-hybridized carbons (Fsp3) is 0.154. The van der Waals surface area contributed by atoms with Gasteiger partial charge in [-0.05, 0) is 18.2 Å². The highest BCUT2D eigenvalue weighted by atomic mass is 79.9. The van der Waals surface area contributed by atoms with Gasteiger partial charge >= 0.3 is 5.88 Å². The highest BCUT2D eigenvalue weighted by molar-refractivity contribution is 9.12. The Bertz CT molecular complexity index is 758. The van der Waals surface area contributed by atoms with Gasteiger partial charge in [0.25, 0.3) is 5.69 Å². The molecule has 0 fully saturated rings. The van der Waals surface area contributed by atoms with Crippen LogP contribution in [0.4, 0.5) is 11.6 Å². The zero-order valence-electron chi connectivity index (χ0n) is 11.2. The van der Waals surface area contributed by atoms with E-state index in [4.69, 9.17) is 4.42 Å². The molecule has 0 aliphatic heterocycles. The lowest BCUT2D eigenvalue weighted by Gasteiger charge is -2.13. The number of nitro groups is 2. The van der Waals surface area contributed by atoms with E-state index in [-0.39, 0.29) is 22.8 Å². The first-order chi connectivity index (χ1) is 10.8. The van der Waals surface area contributed by atoms with Crippen LogP contribution in [0.1, 0.15) is 20.9 Å². The molecule has 120 valence electrons. The maximum atomic E-state index is 12.4. The molecule has 0 saturated carbocycles. The first-order valence-corrected chi connectivity index (χ1v) is 7.95. The van der Waals surface area contributed by atoms with E-state index in [9.17, 15) is 25.0 Å². The third-order valence-electron chi connectivity index (χ3n) is 2.93. The van der Waals surface area contributed by atoms with Crippen molar-refractivity contribution in [1.29, 1.82) is 0 Å². The fourth-order valence-electron chi connectivity index (χ4n) is 1.77. The summed E-state index contributed by atoms with van der Waals surface area (Å²) in [6.07, 6.45) is 0. The highest BCUT2D eigenvalue weighted by Gasteiger charge is 2.29. The number of hydrogen-bond donors (Lipinski definition) is 0. The first kappa shape index (κ1) is 17.3. The Hall–Kier alpha value is -2.07. The van der Waals surface area contributed by atoms with Gasteiger partial charge in [0.15, 0.2) is 5.78 Å². The zero-order valence-corrected chi connectivity index (χ0v) is 14.4. The van der Waals surface area contributed by atoms with E-state index in [0.29, 0.717) is 0 Å². The van der Waals surface area contributed by atoms with Crippen molar-refractivity contribution >= 4 is 49.2 Å². The van der Waals surface area contributed by atoms with E-state index >= 15 is 0 Å². The summed E-state index contributed by atoms with van der Waals surface area (Å²) in [6, 6.07) is 7.74. The van der Waals surface area contributed by atoms with Crippen LogP contribution in [0.25, 0.3) is 0 Å². The number of alkyl halides is 2. The summed E-state index contributed by atoms with van der Waals surface area (Å²) in [5.41, 5.74) is 0.146. The van der Waals surface area contributed by atoms with Crippen molar-refractivity contribution in [2.45, 2.75) is 9.65 Å². The normalized spacial score (nSPS) is 13.3. The minimum Gasteiger partial charge on any atom is -0.405 e. The lowest BCUT2D eigenvalue weighted by atomic mass is 10.1. The first-order valence-electron chi connectivity index (χ1n) is 6.12. The Morgan fingerprint density at radius 1 is 1.00 bits per heavy atom. The number of carbonyl (C=O) groups excluding carboxylic acids is 1. The molecule has 2 unspecified atom stereocenters. The molecule has 1 aromatic heterocycles. The number of ketones is 1. The van der Waals surface area contributed by atoms with Crippen LogP contribution >= 0.6 is 31.9 Å². The van der Waals surface area contributed by atoms with Crippen LogP contribution in [-0.4, -0.2) is 20.5 Å². The molecule has 8 nitrogen and oxygen atoms in total. The molecule has 10 heteroatoms. The van der Waals surface area contributed by atoms with Crippen molar-refractivity contribution in [3.05, 3.63) is 68.0 Å². The Labute approximate surface area is 146 Å². The number of benzene rings is 1. The Morgan fingerprint density at radius 2 is 1.61 bits per heavy atom. The molecule has 1 aromatic carbocycles. The number of furan rings is 1. The van der Waals surface area contributed by atoms with Crippen LogP contribution in [0.3, 0.4) is 0 Å². The summed E-state index contributed by atoms with van der Waals surface area (Å²) in [5.74, 6) is -0.554. The van der Waals surface area contributed by atoms with Crippen molar-refractivity contribution in [3.8, 4) is 0 Å². The molecule has 2 atom stereocenters. The minimum absolute atomic E-state index is 0.121. The predicted molar refractivity (Wildman–Crippen MR) is 87.2 cm³/mol. The fourth-order valence-corrected chi connectivity index (χ4v) is 2.78. The molecule has 0 saturated heterocycles. The number of nitrogens with zero attached hydrogens (tertiary/aromatic N) is 2. The number of nitro benzene ring substituents is 1. The lowest BCUT2D eigenvalue weighted by Crippen LogP contribution is -2.18. The van der Waals surface area contributed by atoms with Gasteiger partial charge in [0.1, 0.15) is 10.7 Å². The van der Waals surface area contributed by atoms with Gasteiger partial charge in [0.05, 0.1) is 20.6 Å². The Morgan fingerprint density at radius 3 is 2.09 bits per heavy atom. The SMILES string of the molecule is O=C(c1ccc([N+](=O)[O-])cc1)C(Br)C(Br)c1ccc([N+](=O)[O-])o1. The van der Waals surface area contributed by atoms with Gasteiger partial charge in [-0.1, -0.05) is 31.9 Å². The van der Waals surface area contributed by atoms with Gasteiger partial charge in [-0.2, -0.15) is 0 Å². The zero-order chi connectivity index (χ0) is 17.1. The molecule has 2 rings (SSSR count). The average Bonchev–Trinajstić information content (AvgIpc) is 3.03. The molecule has 0 spiro atoms. The average molecular weight is 448 g/mol. The maximum absolute atomic E-state index is 12.4. The van der Waals surface area contributed by atoms with Crippen LogP contribution in [0.5, 0.6) is 0 Å². The molecule has 1 heterocycles. The quantitative estimate of drug-likeness (QED) is 0.284. The monoisotopic (exact) mass is 446 g/mol. The van der Waals surface area contributed by atoms with Crippen LogP contribution in [0, 0.1) is 20.2 Å². The summed E-state index contributed by atoms with van der Waals surface area (Å²) in [5, 5.41) is 21.2. The number of carbonyl (C=O) groups is 1. The van der Waals surface area contributed by atoms with E-state index in [1.807, 2.05) is 0 Å². The minimum atomic E-state index is -0.769. The topological polar surface area (TPSA) is 116 Å². The number of Topliss-reactive ketones (excluding diaryl/α,β-unsaturated/α-hetero) is 1. The summed E-state index contributed by atoms with van der Waals surface area (Å²) < 4.78 is 5.05. The molecule has 0 N–H and O–H groups in total. The third-order valence-corrected chi connectivity index (χ3v) is 5.57. The van der Waals surface area contributed by atoms with Gasteiger partial charge in [-0.15, -0.1) is 0 Å². The van der Waals surface area contributed by atoms with Crippen molar-refractivity contribution in [2.75, 3.05) is 0 Å². The summed E-state index contributed by atoms with van der Waals surface area (Å²) >= 11 is 6.47. The third kappa shape index (κ3) is 3.82. The standard InChI is InChI=1S/C13H8Br2N2O6/c14-11(9-5-6-10(23-9)17(21)22)12(15)13(18)7-1-3-8(4-2-7)16(19)20/h1-6,11-12H. The molecule has 0 radical (unpaired) electrons. The molecule has 0 bridgehead atoms. The van der Waals surface area contributed by atoms with E-state index in [0.717, 1.165) is 0 Å². The number of halogens is 2. The number of hydrogen-bond acceptors (Lipinski definition) is 6. The van der Waals surface area contributed by atoms with Crippen molar-refractivity contribution in [2.24, 2.45) is 0 Å². The second-order valence-electron chi connectivity index (χ2n) is 4.40. The molecule has 23 heavy (non-hydrogen) atoms. The second kappa shape index (κ2) is 7.01. The Balaban J connectivity index is 2.17. The highest BCUT2D eigenvalue weighted by Crippen LogP contribution is 2.35. The second-order valence-corrected chi connectivity index (χ2v) is 6.38. The largest absolute Gasteiger partial charge is 0.433 e. The molecular weight excluding hydrogens is 440 g/mol. The maximum Gasteiger partial charge on any atom is 0.433 e. The van der Waals surface area contributed by atoms with E-state index < -0.39 is 25.4 Å². The Kier molecular flexibility index (Phi) is 5.26. The molecule has 2 aromatic rings. The van der Waals surface area contributed by atoms with Gasteiger partial charge in [-0.3, -0.25) is 25.0 Å². The summed E-state index contributed by atoms with van der Waals surface area (Å²) in [4.78, 5) is 30.9. The van der Waals surface area contributed by atoms with Crippen LogP contribution in [0.15, 0.2) is 40.8 Å². The summed E-state index contributed by atoms with van der Waals surface area (Å²) in [7, 11) is 0. The van der Waals surface area contributed by atoms with Crippen LogP contribution in [0.2, 0.25) is 0 Å². The van der Waals surface area contributed by atoms with Gasteiger partial charge in [0, 0.05) is 17.7 Å². The summed E-state index contributed by atoms with van der Waals surface area (Å²) in [6.45, 7) is 0. The molecule has 0 aliphatic carbocycles. The van der Waals surface area contributed by atoms with Crippen LogP contribution in [-0.2, 0) is 0 Å². The van der Waals surface area contributed by atoms with E-state index in [2.05, 4.69) is 31.9 Å². The predicted octanol–water partition coefficient (Wildman–Crippen LogP) is 4.18. The van der Waals surface area contributed by atoms with Gasteiger partial charge < -0.3 is 4.42 Å². The van der Waals surface area contributed by atoms with Crippen molar-refractivity contribution < 1.29 is 19.1 Å². The van der Waals surface area contributed by atoms with Gasteiger partial charge in [0.2, 0.25) is 0 Å². The van der Waals surface area contributed by atoms with Crippen molar-refractivity contribution in [1.82, 2.24) is 0 Å². The molecule has 0 amide bonds. The lowest BCUT2D eigenvalue weighted by molar-refractivity contribution is -0.402. The smallest absolute Gasteiger partial charge is 0.405 e. The van der Waals surface area contributed by atoms with Gasteiger partial charge in [-0.25, -0.2) is 0 Å². The molecule has 0 aliphatic rings. The van der Waals surface area contributed by atoms with Crippen LogP contribution < -0.4 is 0 Å². The number of non-ortho nitro benzene ring substituents is 1.